The van der Waals surface area contributed by atoms with Crippen LogP contribution in [0.5, 0.6) is 0 Å². The maximum absolute atomic E-state index is 12.2. The topological polar surface area (TPSA) is 52.6 Å². The second kappa shape index (κ2) is 7.88. The van der Waals surface area contributed by atoms with Crippen molar-refractivity contribution in [3.05, 3.63) is 0 Å². The summed E-state index contributed by atoms with van der Waals surface area (Å²) < 4.78 is 11.8. The van der Waals surface area contributed by atoms with Gasteiger partial charge in [-0.1, -0.05) is 32.6 Å². The lowest BCUT2D eigenvalue weighted by Crippen LogP contribution is -2.53. The zero-order chi connectivity index (χ0) is 22.4. The van der Waals surface area contributed by atoms with Gasteiger partial charge in [0.15, 0.2) is 11.2 Å². The van der Waals surface area contributed by atoms with E-state index in [1.807, 2.05) is 13.8 Å². The number of rotatable bonds is 4. The largest absolute Gasteiger partial charge is 0.446 e. The predicted octanol–water partition coefficient (Wildman–Crippen LogP) is 4.90. The van der Waals surface area contributed by atoms with Gasteiger partial charge in [-0.3, -0.25) is 9.59 Å². The van der Waals surface area contributed by atoms with Crippen LogP contribution in [0.3, 0.4) is 0 Å². The SMILES string of the molecule is C#C[C@@]1(OC(=O)CC)CC2CCC3C(CC[C@@]4(C)C3CC[C@]4(C#C)OC(=O)CC)C2C1. The summed E-state index contributed by atoms with van der Waals surface area (Å²) in [6, 6.07) is 0. The van der Waals surface area contributed by atoms with Gasteiger partial charge in [0.05, 0.1) is 0 Å². The van der Waals surface area contributed by atoms with Crippen LogP contribution in [0, 0.1) is 59.7 Å². The lowest BCUT2D eigenvalue weighted by atomic mass is 9.51. The minimum Gasteiger partial charge on any atom is -0.446 e. The average Bonchev–Trinajstić information content (AvgIpc) is 3.29. The Balaban J connectivity index is 1.57. The summed E-state index contributed by atoms with van der Waals surface area (Å²) >= 11 is 0. The van der Waals surface area contributed by atoms with Gasteiger partial charge >= 0.3 is 11.9 Å². The molecule has 0 aromatic heterocycles. The second-order valence-corrected chi connectivity index (χ2v) is 10.6. The van der Waals surface area contributed by atoms with Crippen molar-refractivity contribution in [3.63, 3.8) is 0 Å². The third-order valence-electron chi connectivity index (χ3n) is 9.47. The van der Waals surface area contributed by atoms with Crippen molar-refractivity contribution in [3.8, 4) is 24.7 Å². The Morgan fingerprint density at radius 3 is 2.23 bits per heavy atom. The molecule has 0 radical (unpaired) electrons. The number of ether oxygens (including phenoxy) is 2. The number of carbonyl (C=O) groups is 2. The third-order valence-corrected chi connectivity index (χ3v) is 9.47. The number of terminal acetylenes is 2. The van der Waals surface area contributed by atoms with Crippen molar-refractivity contribution in [2.45, 2.75) is 96.2 Å². The molecule has 31 heavy (non-hydrogen) atoms. The Morgan fingerprint density at radius 2 is 1.58 bits per heavy atom. The van der Waals surface area contributed by atoms with E-state index in [9.17, 15) is 9.59 Å². The minimum absolute atomic E-state index is 0.170. The molecule has 4 fully saturated rings. The van der Waals surface area contributed by atoms with Crippen LogP contribution in [0.2, 0.25) is 0 Å². The van der Waals surface area contributed by atoms with E-state index in [1.54, 1.807) is 0 Å². The molecule has 0 aromatic rings. The van der Waals surface area contributed by atoms with E-state index in [4.69, 9.17) is 22.3 Å². The Bertz CT molecular complexity index is 833. The summed E-state index contributed by atoms with van der Waals surface area (Å²) in [5, 5.41) is 0. The molecule has 5 unspecified atom stereocenters. The van der Waals surface area contributed by atoms with Crippen LogP contribution in [0.25, 0.3) is 0 Å². The molecule has 0 saturated heterocycles. The number of hydrogen-bond donors (Lipinski definition) is 0. The molecule has 4 heteroatoms. The van der Waals surface area contributed by atoms with Gasteiger partial charge in [0.1, 0.15) is 0 Å². The number of hydrogen-bond acceptors (Lipinski definition) is 4. The van der Waals surface area contributed by atoms with Gasteiger partial charge in [-0.2, -0.15) is 0 Å². The molecule has 4 nitrogen and oxygen atoms in total. The average molecular weight is 425 g/mol. The number of carbonyl (C=O) groups excluding carboxylic acids is 2. The van der Waals surface area contributed by atoms with Crippen LogP contribution >= 0.6 is 0 Å². The molecule has 0 N–H and O–H groups in total. The van der Waals surface area contributed by atoms with Crippen LogP contribution in [-0.4, -0.2) is 23.1 Å². The summed E-state index contributed by atoms with van der Waals surface area (Å²) in [6.45, 7) is 5.90. The summed E-state index contributed by atoms with van der Waals surface area (Å²) in [7, 11) is 0. The maximum Gasteiger partial charge on any atom is 0.307 e. The molecule has 0 aromatic carbocycles. The van der Waals surface area contributed by atoms with Gasteiger partial charge < -0.3 is 9.47 Å². The standard InChI is InChI=1S/C27H36O4/c1-6-23(28)30-26(8-3)16-18-10-11-20-19(21(18)17-26)12-14-25(5)22(20)13-15-27(25,9-4)31-24(29)7-2/h3-4,18-22H,6-7,10-17H2,1-2,5H3/t18?,19?,20?,21?,22?,25-,26+,27-/m0/s1. The molecular weight excluding hydrogens is 388 g/mol. The summed E-state index contributed by atoms with van der Waals surface area (Å²) in [5.41, 5.74) is -1.68. The second-order valence-electron chi connectivity index (χ2n) is 10.6. The number of fused-ring (bicyclic) bond motifs is 5. The number of esters is 2. The zero-order valence-electron chi connectivity index (χ0n) is 19.2. The summed E-state index contributed by atoms with van der Waals surface area (Å²) in [4.78, 5) is 24.3. The molecule has 0 aliphatic heterocycles. The Labute approximate surface area is 187 Å². The van der Waals surface area contributed by atoms with E-state index >= 15 is 0 Å². The molecule has 4 rings (SSSR count). The fraction of sp³-hybridized carbons (Fsp3) is 0.778. The fourth-order valence-corrected chi connectivity index (χ4v) is 7.91. The van der Waals surface area contributed by atoms with Gasteiger partial charge in [0.25, 0.3) is 0 Å². The van der Waals surface area contributed by atoms with Crippen LogP contribution in [-0.2, 0) is 19.1 Å². The Hall–Kier alpha value is -1.94. The van der Waals surface area contributed by atoms with Gasteiger partial charge in [0.2, 0.25) is 0 Å². The molecule has 168 valence electrons. The first-order valence-corrected chi connectivity index (χ1v) is 12.2. The van der Waals surface area contributed by atoms with E-state index in [1.165, 1.54) is 0 Å². The maximum atomic E-state index is 12.2. The first-order chi connectivity index (χ1) is 14.8. The molecule has 8 atom stereocenters. The highest BCUT2D eigenvalue weighted by Crippen LogP contribution is 2.67. The molecule has 0 heterocycles. The van der Waals surface area contributed by atoms with Crippen molar-refractivity contribution < 1.29 is 19.1 Å². The van der Waals surface area contributed by atoms with Crippen LogP contribution in [0.1, 0.15) is 85.0 Å². The normalized spacial score (nSPS) is 45.4. The van der Waals surface area contributed by atoms with Crippen molar-refractivity contribution in [2.75, 3.05) is 0 Å². The Morgan fingerprint density at radius 1 is 0.871 bits per heavy atom. The molecule has 0 amide bonds. The van der Waals surface area contributed by atoms with Crippen LogP contribution in [0.15, 0.2) is 0 Å². The van der Waals surface area contributed by atoms with Crippen molar-refractivity contribution >= 4 is 11.9 Å². The van der Waals surface area contributed by atoms with E-state index < -0.39 is 11.2 Å². The van der Waals surface area contributed by atoms with Crippen molar-refractivity contribution in [1.29, 1.82) is 0 Å². The molecule has 4 saturated carbocycles. The molecular formula is C27H36O4. The predicted molar refractivity (Wildman–Crippen MR) is 118 cm³/mol. The Kier molecular flexibility index (Phi) is 5.66. The first kappa shape index (κ1) is 22.3. The molecule has 4 aliphatic carbocycles. The van der Waals surface area contributed by atoms with Gasteiger partial charge in [-0.15, -0.1) is 12.8 Å². The van der Waals surface area contributed by atoms with E-state index in [0.717, 1.165) is 51.4 Å². The summed E-state index contributed by atoms with van der Waals surface area (Å²) in [6.07, 6.45) is 20.4. The highest BCUT2D eigenvalue weighted by molar-refractivity contribution is 5.70. The van der Waals surface area contributed by atoms with Crippen molar-refractivity contribution in [2.24, 2.45) is 35.0 Å². The van der Waals surface area contributed by atoms with E-state index in [2.05, 4.69) is 18.8 Å². The molecule has 0 spiro atoms. The zero-order valence-corrected chi connectivity index (χ0v) is 19.2. The molecule has 4 aliphatic rings. The van der Waals surface area contributed by atoms with Gasteiger partial charge in [-0.25, -0.2) is 0 Å². The highest BCUT2D eigenvalue weighted by Gasteiger charge is 2.65. The lowest BCUT2D eigenvalue weighted by molar-refractivity contribution is -0.171. The fourth-order valence-electron chi connectivity index (χ4n) is 7.91. The third kappa shape index (κ3) is 3.29. The van der Waals surface area contributed by atoms with Gasteiger partial charge in [-0.05, 0) is 68.1 Å². The minimum atomic E-state index is -0.776. The van der Waals surface area contributed by atoms with Crippen molar-refractivity contribution in [1.82, 2.24) is 0 Å². The smallest absolute Gasteiger partial charge is 0.307 e. The summed E-state index contributed by atoms with van der Waals surface area (Å²) in [5.74, 6) is 8.08. The molecule has 0 bridgehead atoms. The quantitative estimate of drug-likeness (QED) is 0.476. The first-order valence-electron chi connectivity index (χ1n) is 12.2. The van der Waals surface area contributed by atoms with E-state index in [-0.39, 0.29) is 17.4 Å². The van der Waals surface area contributed by atoms with Gasteiger partial charge in [0, 0.05) is 31.1 Å². The monoisotopic (exact) mass is 424 g/mol. The van der Waals surface area contributed by atoms with Crippen LogP contribution in [0.4, 0.5) is 0 Å². The lowest BCUT2D eigenvalue weighted by Gasteiger charge is -2.54. The van der Waals surface area contributed by atoms with E-state index in [0.29, 0.717) is 42.4 Å². The van der Waals surface area contributed by atoms with Crippen LogP contribution < -0.4 is 0 Å². The highest BCUT2D eigenvalue weighted by atomic mass is 16.6.